The van der Waals surface area contributed by atoms with Crippen LogP contribution >= 0.6 is 12.4 Å². The van der Waals surface area contributed by atoms with Crippen molar-refractivity contribution < 1.29 is 9.59 Å². The largest absolute Gasteiger partial charge is 0.354 e. The van der Waals surface area contributed by atoms with E-state index in [2.05, 4.69) is 10.6 Å². The van der Waals surface area contributed by atoms with Crippen molar-refractivity contribution in [2.75, 3.05) is 13.1 Å². The van der Waals surface area contributed by atoms with Gasteiger partial charge in [-0.3, -0.25) is 9.59 Å². The molecule has 2 amide bonds. The van der Waals surface area contributed by atoms with Gasteiger partial charge in [0.05, 0.1) is 0 Å². The molecule has 0 aromatic heterocycles. The van der Waals surface area contributed by atoms with Crippen LogP contribution in [0.3, 0.4) is 0 Å². The minimum absolute atomic E-state index is 0. The maximum atomic E-state index is 13.2. The van der Waals surface area contributed by atoms with Crippen LogP contribution in [0.5, 0.6) is 0 Å². The Hall–Kier alpha value is -0.810. The molecule has 150 valence electrons. The third kappa shape index (κ3) is 4.36. The predicted octanol–water partition coefficient (Wildman–Crippen LogP) is 2.48. The third-order valence-corrected chi connectivity index (χ3v) is 6.78. The van der Waals surface area contributed by atoms with Gasteiger partial charge in [-0.15, -0.1) is 12.4 Å². The van der Waals surface area contributed by atoms with Gasteiger partial charge in [0.2, 0.25) is 11.8 Å². The first-order chi connectivity index (χ1) is 11.8. The first-order valence-electron chi connectivity index (χ1n) is 10.1. The summed E-state index contributed by atoms with van der Waals surface area (Å²) in [7, 11) is 0. The average Bonchev–Trinajstić information content (AvgIpc) is 2.55. The molecule has 4 fully saturated rings. The highest BCUT2D eigenvalue weighted by molar-refractivity contribution is 5.90. The smallest absolute Gasteiger partial charge is 0.242 e. The van der Waals surface area contributed by atoms with Crippen LogP contribution in [-0.4, -0.2) is 30.9 Å². The van der Waals surface area contributed by atoms with Crippen molar-refractivity contribution in [2.45, 2.75) is 65.3 Å². The lowest BCUT2D eigenvalue weighted by Gasteiger charge is -2.55. The summed E-state index contributed by atoms with van der Waals surface area (Å²) < 4.78 is 0. The van der Waals surface area contributed by atoms with E-state index in [0.29, 0.717) is 13.1 Å². The summed E-state index contributed by atoms with van der Waals surface area (Å²) >= 11 is 0. The number of hydrogen-bond acceptors (Lipinski definition) is 3. The number of carbonyl (C=O) groups excluding carboxylic acids is 2. The zero-order valence-corrected chi connectivity index (χ0v) is 17.2. The standard InChI is InChI=1S/C20H35N3O2.ClH/c1-12(2)17(18(24)22-11-13(3)10-21)23-19(25)20-7-14-4-15(8-20)6-16(5-14)9-20;/h12-17H,4-11,21H2,1-3H3,(H,22,24)(H,23,25);1H. The van der Waals surface area contributed by atoms with E-state index in [4.69, 9.17) is 5.73 Å². The second-order valence-electron chi connectivity index (χ2n) is 9.48. The summed E-state index contributed by atoms with van der Waals surface area (Å²) in [6.45, 7) is 7.11. The molecule has 4 bridgehead atoms. The molecule has 26 heavy (non-hydrogen) atoms. The van der Waals surface area contributed by atoms with Crippen LogP contribution in [0.15, 0.2) is 0 Å². The highest BCUT2D eigenvalue weighted by atomic mass is 35.5. The average molecular weight is 386 g/mol. The summed E-state index contributed by atoms with van der Waals surface area (Å²) in [5.74, 6) is 2.57. The molecule has 0 aromatic rings. The fourth-order valence-electron chi connectivity index (χ4n) is 5.69. The van der Waals surface area contributed by atoms with Crippen molar-refractivity contribution in [3.05, 3.63) is 0 Å². The van der Waals surface area contributed by atoms with Crippen LogP contribution in [0, 0.1) is 35.0 Å². The van der Waals surface area contributed by atoms with E-state index in [1.54, 1.807) is 0 Å². The van der Waals surface area contributed by atoms with Crippen molar-refractivity contribution in [1.29, 1.82) is 0 Å². The summed E-state index contributed by atoms with van der Waals surface area (Å²) in [6, 6.07) is -0.453. The topological polar surface area (TPSA) is 84.2 Å². The number of hydrogen-bond donors (Lipinski definition) is 3. The molecule has 0 saturated heterocycles. The predicted molar refractivity (Wildman–Crippen MR) is 106 cm³/mol. The lowest BCUT2D eigenvalue weighted by molar-refractivity contribution is -0.149. The minimum atomic E-state index is -0.453. The van der Waals surface area contributed by atoms with Gasteiger partial charge in [0.1, 0.15) is 6.04 Å². The molecule has 4 saturated carbocycles. The lowest BCUT2D eigenvalue weighted by Crippen LogP contribution is -2.58. The molecular weight excluding hydrogens is 350 g/mol. The van der Waals surface area contributed by atoms with Crippen LogP contribution in [-0.2, 0) is 9.59 Å². The summed E-state index contributed by atoms with van der Waals surface area (Å²) in [4.78, 5) is 25.8. The van der Waals surface area contributed by atoms with Gasteiger partial charge >= 0.3 is 0 Å². The molecule has 2 unspecified atom stereocenters. The van der Waals surface area contributed by atoms with Gasteiger partial charge in [0, 0.05) is 12.0 Å². The molecule has 4 N–H and O–H groups in total. The van der Waals surface area contributed by atoms with E-state index in [-0.39, 0.29) is 41.5 Å². The van der Waals surface area contributed by atoms with Gasteiger partial charge in [0.15, 0.2) is 0 Å². The van der Waals surface area contributed by atoms with Gasteiger partial charge in [-0.2, -0.15) is 0 Å². The zero-order valence-electron chi connectivity index (χ0n) is 16.4. The first kappa shape index (κ1) is 21.5. The highest BCUT2D eigenvalue weighted by Crippen LogP contribution is 2.60. The Morgan fingerprint density at radius 3 is 1.96 bits per heavy atom. The molecule has 4 aliphatic rings. The van der Waals surface area contributed by atoms with E-state index in [0.717, 1.165) is 37.0 Å². The number of nitrogens with two attached hydrogens (primary N) is 1. The maximum Gasteiger partial charge on any atom is 0.242 e. The fraction of sp³-hybridized carbons (Fsp3) is 0.900. The van der Waals surface area contributed by atoms with Gasteiger partial charge in [-0.25, -0.2) is 0 Å². The molecule has 4 rings (SSSR count). The maximum absolute atomic E-state index is 13.2. The van der Waals surface area contributed by atoms with Gasteiger partial charge in [0.25, 0.3) is 0 Å². The molecule has 4 aliphatic carbocycles. The Bertz CT molecular complexity index is 488. The van der Waals surface area contributed by atoms with Crippen LogP contribution in [0.4, 0.5) is 0 Å². The summed E-state index contributed by atoms with van der Waals surface area (Å²) in [5.41, 5.74) is 5.42. The summed E-state index contributed by atoms with van der Waals surface area (Å²) in [6.07, 6.45) is 7.04. The quantitative estimate of drug-likeness (QED) is 0.629. The fourth-order valence-corrected chi connectivity index (χ4v) is 5.69. The van der Waals surface area contributed by atoms with Gasteiger partial charge in [-0.05, 0) is 74.7 Å². The van der Waals surface area contributed by atoms with Crippen molar-refractivity contribution >= 4 is 24.2 Å². The molecule has 6 heteroatoms. The van der Waals surface area contributed by atoms with Gasteiger partial charge < -0.3 is 16.4 Å². The van der Waals surface area contributed by atoms with E-state index < -0.39 is 6.04 Å². The van der Waals surface area contributed by atoms with Crippen LogP contribution in [0.2, 0.25) is 0 Å². The first-order valence-corrected chi connectivity index (χ1v) is 10.1. The number of nitrogens with one attached hydrogen (secondary N) is 2. The SMILES string of the molecule is CC(CN)CNC(=O)C(NC(=O)C12CC3CC(CC(C3)C1)C2)C(C)C.Cl. The Labute approximate surface area is 164 Å². The molecule has 0 heterocycles. The molecule has 0 spiro atoms. The number of amides is 2. The number of halogens is 1. The van der Waals surface area contributed by atoms with Crippen molar-refractivity contribution in [1.82, 2.24) is 10.6 Å². The molecule has 0 aromatic carbocycles. The Morgan fingerprint density at radius 2 is 1.54 bits per heavy atom. The van der Waals surface area contributed by atoms with E-state index in [1.165, 1.54) is 19.3 Å². The lowest BCUT2D eigenvalue weighted by atomic mass is 9.49. The summed E-state index contributed by atoms with van der Waals surface area (Å²) in [5, 5.41) is 6.09. The normalized spacial score (nSPS) is 34.1. The molecule has 0 aliphatic heterocycles. The van der Waals surface area contributed by atoms with E-state index in [9.17, 15) is 9.59 Å². The molecular formula is C20H36ClN3O2. The van der Waals surface area contributed by atoms with E-state index in [1.807, 2.05) is 20.8 Å². The van der Waals surface area contributed by atoms with E-state index >= 15 is 0 Å². The van der Waals surface area contributed by atoms with Crippen molar-refractivity contribution in [3.63, 3.8) is 0 Å². The van der Waals surface area contributed by atoms with Crippen LogP contribution in [0.25, 0.3) is 0 Å². The molecule has 5 nitrogen and oxygen atoms in total. The zero-order chi connectivity index (χ0) is 18.2. The monoisotopic (exact) mass is 385 g/mol. The Balaban J connectivity index is 0.00000243. The number of rotatable bonds is 7. The third-order valence-electron chi connectivity index (χ3n) is 6.78. The van der Waals surface area contributed by atoms with Crippen LogP contribution in [0.1, 0.15) is 59.3 Å². The second kappa shape index (κ2) is 8.47. The number of carbonyl (C=O) groups is 2. The highest BCUT2D eigenvalue weighted by Gasteiger charge is 2.55. The van der Waals surface area contributed by atoms with Crippen molar-refractivity contribution in [2.24, 2.45) is 40.7 Å². The molecule has 2 atom stereocenters. The van der Waals surface area contributed by atoms with Crippen LogP contribution < -0.4 is 16.4 Å². The second-order valence-corrected chi connectivity index (χ2v) is 9.48. The Kier molecular flexibility index (Phi) is 7.00. The van der Waals surface area contributed by atoms with Crippen molar-refractivity contribution in [3.8, 4) is 0 Å². The molecule has 0 radical (unpaired) electrons. The van der Waals surface area contributed by atoms with Gasteiger partial charge in [-0.1, -0.05) is 20.8 Å². The Morgan fingerprint density at radius 1 is 1.04 bits per heavy atom. The minimum Gasteiger partial charge on any atom is -0.354 e.